The second-order valence-corrected chi connectivity index (χ2v) is 4.95. The first-order valence-corrected chi connectivity index (χ1v) is 6.41. The highest BCUT2D eigenvalue weighted by atomic mass is 35.5. The molecule has 18 heavy (non-hydrogen) atoms. The molecular formula is C13H17ClN2O2. The Labute approximate surface area is 112 Å². The third-order valence-electron chi connectivity index (χ3n) is 2.98. The molecule has 1 amide bonds. The summed E-state index contributed by atoms with van der Waals surface area (Å²) in [4.78, 5) is 14.2. The van der Waals surface area contributed by atoms with E-state index in [-0.39, 0.29) is 12.0 Å². The van der Waals surface area contributed by atoms with Gasteiger partial charge in [0.25, 0.3) is 5.91 Å². The highest BCUT2D eigenvalue weighted by Crippen LogP contribution is 2.20. The molecule has 0 aliphatic carbocycles. The molecule has 1 fully saturated rings. The molecule has 0 saturated carbocycles. The first kappa shape index (κ1) is 13.2. The van der Waals surface area contributed by atoms with Gasteiger partial charge in [-0.15, -0.1) is 0 Å². The van der Waals surface area contributed by atoms with Crippen molar-refractivity contribution in [1.82, 2.24) is 4.90 Å². The van der Waals surface area contributed by atoms with Crippen molar-refractivity contribution in [2.45, 2.75) is 19.4 Å². The van der Waals surface area contributed by atoms with Crippen molar-refractivity contribution in [1.29, 1.82) is 0 Å². The zero-order valence-electron chi connectivity index (χ0n) is 10.4. The van der Waals surface area contributed by atoms with Gasteiger partial charge in [0.15, 0.2) is 0 Å². The molecule has 98 valence electrons. The summed E-state index contributed by atoms with van der Waals surface area (Å²) < 4.78 is 5.52. The van der Waals surface area contributed by atoms with E-state index in [2.05, 4.69) is 0 Å². The SMILES string of the molecule is CC1CN(C(=O)c2ccc(Cl)cc2N)CCCO1. The van der Waals surface area contributed by atoms with Gasteiger partial charge in [0, 0.05) is 30.4 Å². The van der Waals surface area contributed by atoms with E-state index in [1.165, 1.54) is 0 Å². The Morgan fingerprint density at radius 3 is 3.06 bits per heavy atom. The van der Waals surface area contributed by atoms with Gasteiger partial charge in [-0.3, -0.25) is 4.79 Å². The largest absolute Gasteiger partial charge is 0.398 e. The van der Waals surface area contributed by atoms with Crippen LogP contribution in [0.5, 0.6) is 0 Å². The molecule has 1 atom stereocenters. The number of hydrogen-bond acceptors (Lipinski definition) is 3. The molecule has 1 aliphatic rings. The quantitative estimate of drug-likeness (QED) is 0.794. The fourth-order valence-electron chi connectivity index (χ4n) is 2.08. The Kier molecular flexibility index (Phi) is 4.09. The lowest BCUT2D eigenvalue weighted by Gasteiger charge is -2.22. The van der Waals surface area contributed by atoms with Crippen LogP contribution >= 0.6 is 11.6 Å². The summed E-state index contributed by atoms with van der Waals surface area (Å²) in [5.74, 6) is -0.0542. The van der Waals surface area contributed by atoms with Crippen molar-refractivity contribution in [2.24, 2.45) is 0 Å². The Bertz CT molecular complexity index is 451. The van der Waals surface area contributed by atoms with Crippen LogP contribution in [0, 0.1) is 0 Å². The van der Waals surface area contributed by atoms with Crippen molar-refractivity contribution in [3.8, 4) is 0 Å². The zero-order valence-corrected chi connectivity index (χ0v) is 11.1. The van der Waals surface area contributed by atoms with Crippen molar-refractivity contribution in [3.05, 3.63) is 28.8 Å². The number of ether oxygens (including phenoxy) is 1. The average Bonchev–Trinajstić information content (AvgIpc) is 2.53. The third kappa shape index (κ3) is 2.94. The van der Waals surface area contributed by atoms with Crippen molar-refractivity contribution in [2.75, 3.05) is 25.4 Å². The van der Waals surface area contributed by atoms with Crippen LogP contribution in [0.1, 0.15) is 23.7 Å². The summed E-state index contributed by atoms with van der Waals surface area (Å²) in [6, 6.07) is 4.96. The van der Waals surface area contributed by atoms with Crippen LogP contribution in [-0.2, 0) is 4.74 Å². The predicted octanol–water partition coefficient (Wildman–Crippen LogP) is 2.17. The number of rotatable bonds is 1. The fourth-order valence-corrected chi connectivity index (χ4v) is 2.26. The predicted molar refractivity (Wildman–Crippen MR) is 71.8 cm³/mol. The molecule has 2 N–H and O–H groups in total. The van der Waals surface area contributed by atoms with Gasteiger partial charge in [-0.05, 0) is 31.5 Å². The molecule has 1 heterocycles. The van der Waals surface area contributed by atoms with Crippen LogP contribution in [-0.4, -0.2) is 36.6 Å². The molecule has 1 saturated heterocycles. The minimum atomic E-state index is -0.0542. The van der Waals surface area contributed by atoms with E-state index in [1.54, 1.807) is 23.1 Å². The number of hydrogen-bond donors (Lipinski definition) is 1. The topological polar surface area (TPSA) is 55.6 Å². The average molecular weight is 269 g/mol. The smallest absolute Gasteiger partial charge is 0.256 e. The highest BCUT2D eigenvalue weighted by Gasteiger charge is 2.22. The summed E-state index contributed by atoms with van der Waals surface area (Å²) in [6.07, 6.45) is 0.911. The minimum Gasteiger partial charge on any atom is -0.398 e. The van der Waals surface area contributed by atoms with Crippen LogP contribution in [0.2, 0.25) is 5.02 Å². The molecule has 1 unspecified atom stereocenters. The Morgan fingerprint density at radius 1 is 1.56 bits per heavy atom. The molecule has 4 nitrogen and oxygen atoms in total. The summed E-state index contributed by atoms with van der Waals surface area (Å²) >= 11 is 5.83. The van der Waals surface area contributed by atoms with E-state index in [0.717, 1.165) is 6.42 Å². The second kappa shape index (κ2) is 5.59. The lowest BCUT2D eigenvalue weighted by Crippen LogP contribution is -2.36. The molecule has 2 rings (SSSR count). The third-order valence-corrected chi connectivity index (χ3v) is 3.22. The summed E-state index contributed by atoms with van der Waals surface area (Å²) in [7, 11) is 0. The maximum atomic E-state index is 12.4. The van der Waals surface area contributed by atoms with Crippen LogP contribution in [0.4, 0.5) is 5.69 Å². The minimum absolute atomic E-state index is 0.0542. The van der Waals surface area contributed by atoms with Gasteiger partial charge >= 0.3 is 0 Å². The maximum absolute atomic E-state index is 12.4. The zero-order chi connectivity index (χ0) is 13.1. The number of benzene rings is 1. The summed E-state index contributed by atoms with van der Waals surface area (Å²) in [5, 5.41) is 0.539. The molecule has 1 aromatic carbocycles. The van der Waals surface area contributed by atoms with Crippen LogP contribution in [0.3, 0.4) is 0 Å². The number of anilines is 1. The van der Waals surface area contributed by atoms with Crippen LogP contribution < -0.4 is 5.73 Å². The number of carbonyl (C=O) groups is 1. The highest BCUT2D eigenvalue weighted by molar-refractivity contribution is 6.31. The number of amides is 1. The number of nitrogens with zero attached hydrogens (tertiary/aromatic N) is 1. The number of nitrogens with two attached hydrogens (primary N) is 1. The molecule has 0 bridgehead atoms. The molecule has 0 radical (unpaired) electrons. The molecular weight excluding hydrogens is 252 g/mol. The van der Waals surface area contributed by atoms with E-state index in [4.69, 9.17) is 22.1 Å². The van der Waals surface area contributed by atoms with Gasteiger partial charge in [-0.25, -0.2) is 0 Å². The second-order valence-electron chi connectivity index (χ2n) is 4.52. The lowest BCUT2D eigenvalue weighted by atomic mass is 10.1. The van der Waals surface area contributed by atoms with E-state index < -0.39 is 0 Å². The Balaban J connectivity index is 2.19. The van der Waals surface area contributed by atoms with E-state index in [1.807, 2.05) is 6.92 Å². The van der Waals surface area contributed by atoms with Gasteiger partial charge in [0.1, 0.15) is 0 Å². The lowest BCUT2D eigenvalue weighted by molar-refractivity contribution is 0.0563. The van der Waals surface area contributed by atoms with E-state index >= 15 is 0 Å². The van der Waals surface area contributed by atoms with Crippen molar-refractivity contribution in [3.63, 3.8) is 0 Å². The molecule has 5 heteroatoms. The standard InChI is InChI=1S/C13H17ClN2O2/c1-9-8-16(5-2-6-18-9)13(17)11-4-3-10(14)7-12(11)15/h3-4,7,9H,2,5-6,8,15H2,1H3. The van der Waals surface area contributed by atoms with Gasteiger partial charge in [-0.2, -0.15) is 0 Å². The molecule has 1 aromatic rings. The monoisotopic (exact) mass is 268 g/mol. The summed E-state index contributed by atoms with van der Waals surface area (Å²) in [5.41, 5.74) is 6.77. The molecule has 0 spiro atoms. The van der Waals surface area contributed by atoms with E-state index in [0.29, 0.717) is 36.0 Å². The molecule has 0 aromatic heterocycles. The van der Waals surface area contributed by atoms with Crippen molar-refractivity contribution < 1.29 is 9.53 Å². The Hall–Kier alpha value is -1.26. The number of halogens is 1. The molecule has 1 aliphatic heterocycles. The van der Waals surface area contributed by atoms with Crippen molar-refractivity contribution >= 4 is 23.2 Å². The first-order chi connectivity index (χ1) is 8.58. The Morgan fingerprint density at radius 2 is 2.33 bits per heavy atom. The van der Waals surface area contributed by atoms with Crippen LogP contribution in [0.25, 0.3) is 0 Å². The normalized spacial score (nSPS) is 20.6. The van der Waals surface area contributed by atoms with Gasteiger partial charge < -0.3 is 15.4 Å². The number of nitrogen functional groups attached to an aromatic ring is 1. The fraction of sp³-hybridized carbons (Fsp3) is 0.462. The van der Waals surface area contributed by atoms with Gasteiger partial charge in [0.05, 0.1) is 11.7 Å². The van der Waals surface area contributed by atoms with E-state index in [9.17, 15) is 4.79 Å². The maximum Gasteiger partial charge on any atom is 0.256 e. The summed E-state index contributed by atoms with van der Waals surface area (Å²) in [6.45, 7) is 3.96. The van der Waals surface area contributed by atoms with Crippen LogP contribution in [0.15, 0.2) is 18.2 Å². The van der Waals surface area contributed by atoms with Gasteiger partial charge in [-0.1, -0.05) is 11.6 Å². The number of carbonyl (C=O) groups excluding carboxylic acids is 1. The first-order valence-electron chi connectivity index (χ1n) is 6.04. The van der Waals surface area contributed by atoms with Gasteiger partial charge in [0.2, 0.25) is 0 Å².